The number of allylic oxidation sites excluding steroid dienone is 2. The van der Waals surface area contributed by atoms with Crippen LogP contribution < -0.4 is 0 Å². The minimum Gasteiger partial charge on any atom is -0.301 e. The number of hydrogen-bond donors (Lipinski definition) is 0. The van der Waals surface area contributed by atoms with Gasteiger partial charge in [0.15, 0.2) is 0 Å². The van der Waals surface area contributed by atoms with Crippen LogP contribution in [0.1, 0.15) is 24.8 Å². The van der Waals surface area contributed by atoms with Gasteiger partial charge in [-0.05, 0) is 55.5 Å². The molecule has 3 atom stereocenters. The Balaban J connectivity index is 1.14. The number of nitrogens with zero attached hydrogens (tertiary/aromatic N) is 2. The van der Waals surface area contributed by atoms with Crippen molar-refractivity contribution in [2.45, 2.75) is 25.7 Å². The number of rotatable bonds is 6. The molecule has 2 aliphatic carbocycles. The topological polar surface area (TPSA) is 6.48 Å². The molecule has 23 heavy (non-hydrogen) atoms. The second kappa shape index (κ2) is 7.19. The van der Waals surface area contributed by atoms with Crippen LogP contribution in [0.4, 0.5) is 0 Å². The maximum Gasteiger partial charge on any atom is 0.0110 e. The molecule has 0 spiro atoms. The second-order valence-corrected chi connectivity index (χ2v) is 7.77. The first-order valence-corrected chi connectivity index (χ1v) is 9.54. The molecule has 2 heteroatoms. The van der Waals surface area contributed by atoms with Gasteiger partial charge in [-0.25, -0.2) is 0 Å². The van der Waals surface area contributed by atoms with E-state index < -0.39 is 0 Å². The molecule has 0 N–H and O–H groups in total. The van der Waals surface area contributed by atoms with Gasteiger partial charge in [0.25, 0.3) is 0 Å². The van der Waals surface area contributed by atoms with Gasteiger partial charge in [0.2, 0.25) is 0 Å². The van der Waals surface area contributed by atoms with Crippen molar-refractivity contribution in [3.8, 4) is 0 Å². The maximum atomic E-state index is 2.73. The van der Waals surface area contributed by atoms with Crippen molar-refractivity contribution >= 4 is 0 Å². The summed E-state index contributed by atoms with van der Waals surface area (Å²) in [6.07, 6.45) is 10.4. The lowest BCUT2D eigenvalue weighted by Gasteiger charge is -2.37. The summed E-state index contributed by atoms with van der Waals surface area (Å²) in [5, 5.41) is 0. The molecule has 1 aromatic rings. The van der Waals surface area contributed by atoms with Crippen LogP contribution in [0.5, 0.6) is 0 Å². The Hall–Kier alpha value is -1.12. The van der Waals surface area contributed by atoms with Crippen LogP contribution in [0.15, 0.2) is 42.5 Å². The lowest BCUT2D eigenvalue weighted by atomic mass is 9.93. The van der Waals surface area contributed by atoms with E-state index in [-0.39, 0.29) is 0 Å². The molecule has 1 aromatic carbocycles. The molecule has 2 fully saturated rings. The van der Waals surface area contributed by atoms with Gasteiger partial charge in [0.1, 0.15) is 0 Å². The Bertz CT molecular complexity index is 516. The van der Waals surface area contributed by atoms with E-state index in [0.29, 0.717) is 0 Å². The Labute approximate surface area is 141 Å². The van der Waals surface area contributed by atoms with Gasteiger partial charge in [-0.1, -0.05) is 42.5 Å². The molecule has 2 nitrogen and oxygen atoms in total. The monoisotopic (exact) mass is 310 g/mol. The number of benzene rings is 1. The van der Waals surface area contributed by atoms with E-state index in [4.69, 9.17) is 0 Å². The largest absolute Gasteiger partial charge is 0.301 e. The average molecular weight is 310 g/mol. The van der Waals surface area contributed by atoms with Gasteiger partial charge >= 0.3 is 0 Å². The van der Waals surface area contributed by atoms with E-state index in [1.54, 1.807) is 0 Å². The summed E-state index contributed by atoms with van der Waals surface area (Å²) >= 11 is 0. The van der Waals surface area contributed by atoms with E-state index in [1.807, 2.05) is 0 Å². The maximum absolute atomic E-state index is 2.73. The zero-order chi connectivity index (χ0) is 15.5. The molecule has 124 valence electrons. The fraction of sp³-hybridized carbons (Fsp3) is 0.619. The highest BCUT2D eigenvalue weighted by Crippen LogP contribution is 2.43. The zero-order valence-corrected chi connectivity index (χ0v) is 14.2. The molecule has 0 aromatic heterocycles. The number of hydrogen-bond acceptors (Lipinski definition) is 2. The second-order valence-electron chi connectivity index (χ2n) is 7.77. The highest BCUT2D eigenvalue weighted by atomic mass is 15.3. The van der Waals surface area contributed by atoms with Crippen molar-refractivity contribution in [1.82, 2.24) is 9.80 Å². The molecular weight excluding hydrogens is 280 g/mol. The smallest absolute Gasteiger partial charge is 0.0110 e. The van der Waals surface area contributed by atoms with Crippen LogP contribution in [-0.4, -0.2) is 49.1 Å². The predicted octanol–water partition coefficient (Wildman–Crippen LogP) is 3.45. The fourth-order valence-corrected chi connectivity index (χ4v) is 4.78. The van der Waals surface area contributed by atoms with Gasteiger partial charge in [-0.2, -0.15) is 0 Å². The van der Waals surface area contributed by atoms with Crippen molar-refractivity contribution in [2.24, 2.45) is 17.8 Å². The third kappa shape index (κ3) is 3.87. The number of piperazine rings is 1. The van der Waals surface area contributed by atoms with Crippen LogP contribution in [-0.2, 0) is 6.42 Å². The van der Waals surface area contributed by atoms with Crippen molar-refractivity contribution in [3.63, 3.8) is 0 Å². The van der Waals surface area contributed by atoms with Crippen LogP contribution in [0.25, 0.3) is 0 Å². The molecule has 0 radical (unpaired) electrons. The molecule has 4 rings (SSSR count). The minimum atomic E-state index is 0.906. The standard InChI is InChI=1S/C21H30N2/c1-2-5-18(6-3-1)7-4-10-22-11-13-23(14-12-22)17-21-16-19-8-9-20(21)15-19/h1-3,5-6,8-9,19-21H,4,7,10-17H2/t19-,20+,21-/m1/s1. The minimum absolute atomic E-state index is 0.906. The molecule has 0 amide bonds. The summed E-state index contributed by atoms with van der Waals surface area (Å²) < 4.78 is 0. The average Bonchev–Trinajstić information content (AvgIpc) is 3.20. The molecule has 1 aliphatic heterocycles. The Morgan fingerprint density at radius 1 is 0.870 bits per heavy atom. The van der Waals surface area contributed by atoms with Crippen molar-refractivity contribution in [3.05, 3.63) is 48.0 Å². The van der Waals surface area contributed by atoms with Crippen molar-refractivity contribution < 1.29 is 0 Å². The van der Waals surface area contributed by atoms with E-state index >= 15 is 0 Å². The Morgan fingerprint density at radius 3 is 2.35 bits per heavy atom. The lowest BCUT2D eigenvalue weighted by Crippen LogP contribution is -2.48. The number of fused-ring (bicyclic) bond motifs is 2. The quantitative estimate of drug-likeness (QED) is 0.743. The normalized spacial score (nSPS) is 31.0. The summed E-state index contributed by atoms with van der Waals surface area (Å²) in [7, 11) is 0. The SMILES string of the molecule is C1=C[C@H]2C[C@@H]1C[C@@H]2CN1CCN(CCCc2ccccc2)CC1. The summed E-state index contributed by atoms with van der Waals surface area (Å²) in [5.41, 5.74) is 1.48. The van der Waals surface area contributed by atoms with Gasteiger partial charge in [-0.3, -0.25) is 0 Å². The third-order valence-corrected chi connectivity index (χ3v) is 6.16. The summed E-state index contributed by atoms with van der Waals surface area (Å²) in [5.74, 6) is 2.78. The van der Waals surface area contributed by atoms with Gasteiger partial charge in [0, 0.05) is 32.7 Å². The van der Waals surface area contributed by atoms with Crippen LogP contribution in [0.2, 0.25) is 0 Å². The van der Waals surface area contributed by atoms with Gasteiger partial charge in [0.05, 0.1) is 0 Å². The van der Waals surface area contributed by atoms with E-state index in [1.165, 1.54) is 70.5 Å². The summed E-state index contributed by atoms with van der Waals surface area (Å²) in [4.78, 5) is 5.40. The zero-order valence-electron chi connectivity index (χ0n) is 14.2. The number of aryl methyl sites for hydroxylation is 1. The fourth-order valence-electron chi connectivity index (χ4n) is 4.78. The summed E-state index contributed by atoms with van der Waals surface area (Å²) in [6.45, 7) is 7.71. The molecule has 1 saturated carbocycles. The summed E-state index contributed by atoms with van der Waals surface area (Å²) in [6, 6.07) is 10.9. The molecule has 0 unspecified atom stereocenters. The van der Waals surface area contributed by atoms with Crippen LogP contribution >= 0.6 is 0 Å². The Kier molecular flexibility index (Phi) is 4.82. The molecule has 3 aliphatic rings. The van der Waals surface area contributed by atoms with E-state index in [0.717, 1.165) is 17.8 Å². The Morgan fingerprint density at radius 2 is 1.65 bits per heavy atom. The predicted molar refractivity (Wildman–Crippen MR) is 96.5 cm³/mol. The lowest BCUT2D eigenvalue weighted by molar-refractivity contribution is 0.112. The third-order valence-electron chi connectivity index (χ3n) is 6.16. The van der Waals surface area contributed by atoms with E-state index in [2.05, 4.69) is 52.3 Å². The van der Waals surface area contributed by atoms with Crippen molar-refractivity contribution in [2.75, 3.05) is 39.3 Å². The first-order chi connectivity index (χ1) is 11.4. The first kappa shape index (κ1) is 15.4. The highest BCUT2D eigenvalue weighted by Gasteiger charge is 2.36. The van der Waals surface area contributed by atoms with Gasteiger partial charge < -0.3 is 9.80 Å². The van der Waals surface area contributed by atoms with E-state index in [9.17, 15) is 0 Å². The van der Waals surface area contributed by atoms with Gasteiger partial charge in [-0.15, -0.1) is 0 Å². The molecule has 1 saturated heterocycles. The first-order valence-electron chi connectivity index (χ1n) is 9.54. The van der Waals surface area contributed by atoms with Crippen LogP contribution in [0.3, 0.4) is 0 Å². The molecular formula is C21H30N2. The molecule has 2 bridgehead atoms. The van der Waals surface area contributed by atoms with Crippen LogP contribution in [0, 0.1) is 17.8 Å². The van der Waals surface area contributed by atoms with Crippen molar-refractivity contribution in [1.29, 1.82) is 0 Å². The molecule has 1 heterocycles. The highest BCUT2D eigenvalue weighted by molar-refractivity contribution is 5.14.